The summed E-state index contributed by atoms with van der Waals surface area (Å²) in [5, 5.41) is 10.9. The monoisotopic (exact) mass is 290 g/mol. The average Bonchev–Trinajstić information content (AvgIpc) is 2.45. The summed E-state index contributed by atoms with van der Waals surface area (Å²) in [6.07, 6.45) is 0. The maximum absolute atomic E-state index is 13.4. The minimum absolute atomic E-state index is 0.0398. The topological polar surface area (TPSA) is 78.4 Å². The first kappa shape index (κ1) is 14.9. The van der Waals surface area contributed by atoms with Crippen LogP contribution in [0.5, 0.6) is 5.75 Å². The van der Waals surface area contributed by atoms with Crippen molar-refractivity contribution in [1.29, 1.82) is 0 Å². The Bertz CT molecular complexity index is 674. The fourth-order valence-corrected chi connectivity index (χ4v) is 2.01. The van der Waals surface area contributed by atoms with Gasteiger partial charge in [-0.3, -0.25) is 10.1 Å². The zero-order chi connectivity index (χ0) is 15.4. The van der Waals surface area contributed by atoms with Gasteiger partial charge >= 0.3 is 0 Å². The smallest absolute Gasteiger partial charge is 0.272 e. The Labute approximate surface area is 121 Å². The summed E-state index contributed by atoms with van der Waals surface area (Å²) < 4.78 is 18.9. The van der Waals surface area contributed by atoms with Crippen molar-refractivity contribution in [3.8, 4) is 5.75 Å². The first-order chi connectivity index (χ1) is 10.0. The van der Waals surface area contributed by atoms with E-state index in [0.29, 0.717) is 22.4 Å². The molecule has 0 heterocycles. The average molecular weight is 290 g/mol. The molecule has 6 heteroatoms. The van der Waals surface area contributed by atoms with E-state index >= 15 is 0 Å². The molecule has 21 heavy (non-hydrogen) atoms. The van der Waals surface area contributed by atoms with E-state index in [9.17, 15) is 14.5 Å². The highest BCUT2D eigenvalue weighted by molar-refractivity contribution is 5.44. The van der Waals surface area contributed by atoms with Crippen LogP contribution in [0.15, 0.2) is 36.4 Å². The largest absolute Gasteiger partial charge is 0.489 e. The van der Waals surface area contributed by atoms with Crippen LogP contribution in [-0.4, -0.2) is 4.92 Å². The van der Waals surface area contributed by atoms with Crippen LogP contribution in [0, 0.1) is 22.9 Å². The number of ether oxygens (including phenoxy) is 1. The summed E-state index contributed by atoms with van der Waals surface area (Å²) in [6.45, 7) is 2.00. The third-order valence-electron chi connectivity index (χ3n) is 3.18. The van der Waals surface area contributed by atoms with Gasteiger partial charge in [0.05, 0.1) is 4.92 Å². The number of nitrogens with two attached hydrogens (primary N) is 1. The Morgan fingerprint density at radius 3 is 2.76 bits per heavy atom. The van der Waals surface area contributed by atoms with Gasteiger partial charge in [0.2, 0.25) is 0 Å². The SMILES string of the molecule is Cc1c(COc2cc(F)cc(CN)c2)cccc1[N+](=O)[O-]. The molecule has 0 aliphatic heterocycles. The van der Waals surface area contributed by atoms with Gasteiger partial charge in [0.15, 0.2) is 0 Å². The van der Waals surface area contributed by atoms with Crippen molar-refractivity contribution in [2.75, 3.05) is 0 Å². The zero-order valence-corrected chi connectivity index (χ0v) is 11.5. The highest BCUT2D eigenvalue weighted by Crippen LogP contribution is 2.23. The minimum atomic E-state index is -0.437. The lowest BCUT2D eigenvalue weighted by atomic mass is 10.1. The van der Waals surface area contributed by atoms with Gasteiger partial charge in [-0.2, -0.15) is 0 Å². The van der Waals surface area contributed by atoms with Gasteiger partial charge in [0.1, 0.15) is 18.2 Å². The number of hydrogen-bond acceptors (Lipinski definition) is 4. The van der Waals surface area contributed by atoms with Crippen LogP contribution in [0.25, 0.3) is 0 Å². The van der Waals surface area contributed by atoms with Gasteiger partial charge in [-0.25, -0.2) is 4.39 Å². The van der Waals surface area contributed by atoms with Crippen LogP contribution in [0.1, 0.15) is 16.7 Å². The molecule has 2 aromatic carbocycles. The first-order valence-electron chi connectivity index (χ1n) is 6.36. The minimum Gasteiger partial charge on any atom is -0.489 e. The molecule has 0 saturated heterocycles. The third kappa shape index (κ3) is 3.55. The van der Waals surface area contributed by atoms with Crippen molar-refractivity contribution in [1.82, 2.24) is 0 Å². The summed E-state index contributed by atoms with van der Waals surface area (Å²) in [7, 11) is 0. The van der Waals surface area contributed by atoms with Gasteiger partial charge in [-0.05, 0) is 30.2 Å². The molecule has 2 N–H and O–H groups in total. The second-order valence-electron chi connectivity index (χ2n) is 4.61. The Kier molecular flexibility index (Phi) is 4.49. The molecule has 0 radical (unpaired) electrons. The van der Waals surface area contributed by atoms with Crippen molar-refractivity contribution in [3.05, 3.63) is 69.0 Å². The van der Waals surface area contributed by atoms with E-state index in [0.717, 1.165) is 0 Å². The lowest BCUT2D eigenvalue weighted by Crippen LogP contribution is -2.02. The standard InChI is InChI=1S/C15H15FN2O3/c1-10-12(3-2-4-15(10)18(19)20)9-21-14-6-11(8-17)5-13(16)7-14/h2-7H,8-9,17H2,1H3. The second kappa shape index (κ2) is 6.32. The summed E-state index contributed by atoms with van der Waals surface area (Å²) >= 11 is 0. The summed E-state index contributed by atoms with van der Waals surface area (Å²) in [5.74, 6) is -0.0786. The van der Waals surface area contributed by atoms with Crippen LogP contribution < -0.4 is 10.5 Å². The summed E-state index contributed by atoms with van der Waals surface area (Å²) in [5.41, 5.74) is 7.36. The molecular weight excluding hydrogens is 275 g/mol. The maximum atomic E-state index is 13.4. The first-order valence-corrected chi connectivity index (χ1v) is 6.36. The molecule has 2 aromatic rings. The van der Waals surface area contributed by atoms with E-state index < -0.39 is 10.7 Å². The van der Waals surface area contributed by atoms with E-state index in [4.69, 9.17) is 10.5 Å². The number of halogens is 1. The van der Waals surface area contributed by atoms with Gasteiger partial charge in [-0.15, -0.1) is 0 Å². The molecule has 0 atom stereocenters. The lowest BCUT2D eigenvalue weighted by Gasteiger charge is -2.10. The van der Waals surface area contributed by atoms with Crippen LogP contribution in [0.2, 0.25) is 0 Å². The Morgan fingerprint density at radius 2 is 2.10 bits per heavy atom. The molecule has 0 fully saturated rings. The Hall–Kier alpha value is -2.47. The predicted octanol–water partition coefficient (Wildman–Crippen LogP) is 3.08. The molecule has 5 nitrogen and oxygen atoms in total. The van der Waals surface area contributed by atoms with Crippen molar-refractivity contribution in [2.24, 2.45) is 5.73 Å². The van der Waals surface area contributed by atoms with Gasteiger partial charge < -0.3 is 10.5 Å². The summed E-state index contributed by atoms with van der Waals surface area (Å²) in [4.78, 5) is 10.4. The normalized spacial score (nSPS) is 10.4. The molecule has 0 aromatic heterocycles. The molecular formula is C15H15FN2O3. The van der Waals surface area contributed by atoms with Gasteiger partial charge in [0.25, 0.3) is 5.69 Å². The van der Waals surface area contributed by atoms with Crippen molar-refractivity contribution in [3.63, 3.8) is 0 Å². The number of nitro groups is 1. The maximum Gasteiger partial charge on any atom is 0.272 e. The molecule has 2 rings (SSSR count). The molecule has 0 spiro atoms. The lowest BCUT2D eigenvalue weighted by molar-refractivity contribution is -0.385. The van der Waals surface area contributed by atoms with Crippen molar-refractivity contribution < 1.29 is 14.1 Å². The van der Waals surface area contributed by atoms with Crippen molar-refractivity contribution in [2.45, 2.75) is 20.1 Å². The molecule has 0 aliphatic rings. The zero-order valence-electron chi connectivity index (χ0n) is 11.5. The molecule has 0 aliphatic carbocycles. The third-order valence-corrected chi connectivity index (χ3v) is 3.18. The predicted molar refractivity (Wildman–Crippen MR) is 76.5 cm³/mol. The molecule has 0 saturated carbocycles. The van der Waals surface area contributed by atoms with Crippen LogP contribution in [0.4, 0.5) is 10.1 Å². The molecule has 110 valence electrons. The highest BCUT2D eigenvalue weighted by atomic mass is 19.1. The van der Waals surface area contributed by atoms with Crippen molar-refractivity contribution >= 4 is 5.69 Å². The van der Waals surface area contributed by atoms with E-state index in [-0.39, 0.29) is 18.8 Å². The Morgan fingerprint density at radius 1 is 1.33 bits per heavy atom. The van der Waals surface area contributed by atoms with Crippen LogP contribution >= 0.6 is 0 Å². The van der Waals surface area contributed by atoms with Gasteiger partial charge in [-0.1, -0.05) is 12.1 Å². The van der Waals surface area contributed by atoms with E-state index in [2.05, 4.69) is 0 Å². The molecule has 0 bridgehead atoms. The van der Waals surface area contributed by atoms with Gasteiger partial charge in [0, 0.05) is 24.2 Å². The molecule has 0 unspecified atom stereocenters. The van der Waals surface area contributed by atoms with Crippen LogP contribution in [-0.2, 0) is 13.2 Å². The fraction of sp³-hybridized carbons (Fsp3) is 0.200. The molecule has 0 amide bonds. The number of rotatable bonds is 5. The number of hydrogen-bond donors (Lipinski definition) is 1. The fourth-order valence-electron chi connectivity index (χ4n) is 2.01. The summed E-state index contributed by atoms with van der Waals surface area (Å²) in [6, 6.07) is 9.02. The van der Waals surface area contributed by atoms with E-state index in [1.54, 1.807) is 25.1 Å². The number of nitro benzene ring substituents is 1. The number of nitrogens with zero attached hydrogens (tertiary/aromatic N) is 1. The Balaban J connectivity index is 2.19. The quantitative estimate of drug-likeness (QED) is 0.678. The van der Waals surface area contributed by atoms with E-state index in [1.165, 1.54) is 18.2 Å². The second-order valence-corrected chi connectivity index (χ2v) is 4.61. The highest BCUT2D eigenvalue weighted by Gasteiger charge is 2.13. The van der Waals surface area contributed by atoms with Crippen LogP contribution in [0.3, 0.4) is 0 Å². The number of benzene rings is 2. The van der Waals surface area contributed by atoms with E-state index in [1.807, 2.05) is 0 Å².